The van der Waals surface area contributed by atoms with E-state index in [0.717, 1.165) is 5.46 Å². The number of hydrogen-bond acceptors (Lipinski definition) is 3. The van der Waals surface area contributed by atoms with Gasteiger partial charge in [0, 0.05) is 0 Å². The number of benzene rings is 1. The molecule has 2 aromatic rings. The number of carbonyl (C=O) groups excluding carboxylic acids is 1. The van der Waals surface area contributed by atoms with E-state index in [1.165, 1.54) is 10.8 Å². The Labute approximate surface area is 93.2 Å². The molecule has 0 aliphatic carbocycles. The van der Waals surface area contributed by atoms with Crippen LogP contribution < -0.4 is 11.0 Å². The minimum Gasteiger partial charge on any atom is -0.301 e. The molecular weight excluding hydrogens is 203 g/mol. The molecule has 1 heterocycles. The second kappa shape index (κ2) is 4.30. The number of aromatic nitrogens is 2. The molecule has 4 nitrogen and oxygen atoms in total. The minimum absolute atomic E-state index is 0.0605. The first kappa shape index (κ1) is 10.6. The summed E-state index contributed by atoms with van der Waals surface area (Å²) in [5, 5.41) is 0. The zero-order chi connectivity index (χ0) is 11.5. The Balaban J connectivity index is 2.77. The summed E-state index contributed by atoms with van der Waals surface area (Å²) in [5.41, 5.74) is 2.15. The van der Waals surface area contributed by atoms with Gasteiger partial charge in [-0.2, -0.15) is 0 Å². The van der Waals surface area contributed by atoms with Gasteiger partial charge in [-0.05, 0) is 12.1 Å². The van der Waals surface area contributed by atoms with Crippen molar-refractivity contribution in [2.24, 2.45) is 0 Å². The Bertz CT molecular complexity index is 592. The monoisotopic (exact) mass is 213 g/mol. The van der Waals surface area contributed by atoms with Crippen molar-refractivity contribution in [1.29, 1.82) is 0 Å². The molecule has 0 fully saturated rings. The van der Waals surface area contributed by atoms with Crippen LogP contribution in [0.1, 0.15) is 0 Å². The average molecular weight is 213 g/mol. The van der Waals surface area contributed by atoms with Gasteiger partial charge in [-0.1, -0.05) is 18.4 Å². The molecule has 0 spiro atoms. The number of aldehydes is 1. The van der Waals surface area contributed by atoms with Crippen molar-refractivity contribution >= 4 is 30.1 Å². The van der Waals surface area contributed by atoms with E-state index >= 15 is 0 Å². The van der Waals surface area contributed by atoms with Crippen LogP contribution in [0.2, 0.25) is 6.82 Å². The van der Waals surface area contributed by atoms with Crippen LogP contribution in [-0.2, 0) is 11.3 Å². The average Bonchev–Trinajstić information content (AvgIpc) is 2.32. The lowest BCUT2D eigenvalue weighted by Crippen LogP contribution is -2.22. The summed E-state index contributed by atoms with van der Waals surface area (Å²) in [6.07, 6.45) is 1.95. The number of fused-ring (bicyclic) bond motifs is 1. The largest absolute Gasteiger partial charge is 0.301 e. The summed E-state index contributed by atoms with van der Waals surface area (Å²) < 4.78 is 1.42. The van der Waals surface area contributed by atoms with Gasteiger partial charge in [-0.15, -0.1) is 0 Å². The second-order valence-electron chi connectivity index (χ2n) is 3.41. The van der Waals surface area contributed by atoms with Gasteiger partial charge in [0.05, 0.1) is 23.8 Å². The van der Waals surface area contributed by atoms with Crippen LogP contribution in [0.25, 0.3) is 11.0 Å². The third-order valence-corrected chi connectivity index (χ3v) is 2.46. The Kier molecular flexibility index (Phi) is 2.85. The van der Waals surface area contributed by atoms with Crippen molar-refractivity contribution < 1.29 is 4.79 Å². The molecule has 0 unspecified atom stereocenters. The van der Waals surface area contributed by atoms with E-state index in [0.29, 0.717) is 17.3 Å². The molecule has 0 saturated carbocycles. The molecule has 1 aromatic heterocycles. The molecule has 2 rings (SSSR count). The zero-order valence-electron chi connectivity index (χ0n) is 8.88. The highest BCUT2D eigenvalue weighted by molar-refractivity contribution is 6.52. The standard InChI is InChI=1S/C11H10BN2O2/c1-12-8-2-3-9-10(6-8)14(4-5-15)11(16)7-13-9/h2-3,5-7H,4H2,1H3. The molecule has 0 saturated heterocycles. The molecule has 0 atom stereocenters. The van der Waals surface area contributed by atoms with Crippen LogP contribution in [0.5, 0.6) is 0 Å². The van der Waals surface area contributed by atoms with Crippen molar-refractivity contribution in [2.45, 2.75) is 13.4 Å². The van der Waals surface area contributed by atoms with Gasteiger partial charge in [0.1, 0.15) is 13.6 Å². The molecule has 79 valence electrons. The molecule has 0 amide bonds. The number of rotatable bonds is 3. The first-order chi connectivity index (χ1) is 7.76. The highest BCUT2D eigenvalue weighted by atomic mass is 16.1. The molecule has 5 heteroatoms. The van der Waals surface area contributed by atoms with E-state index < -0.39 is 0 Å². The third-order valence-electron chi connectivity index (χ3n) is 2.46. The summed E-state index contributed by atoms with van der Waals surface area (Å²) in [7, 11) is 1.93. The SMILES string of the molecule is C[B]c1ccc2ncc(=O)n(CC=O)c2c1. The molecule has 0 aliphatic rings. The first-order valence-corrected chi connectivity index (χ1v) is 4.99. The Morgan fingerprint density at radius 1 is 1.50 bits per heavy atom. The van der Waals surface area contributed by atoms with Gasteiger partial charge in [-0.25, -0.2) is 4.98 Å². The molecule has 1 aromatic carbocycles. The van der Waals surface area contributed by atoms with Gasteiger partial charge < -0.3 is 4.79 Å². The summed E-state index contributed by atoms with van der Waals surface area (Å²) in [6, 6.07) is 5.61. The van der Waals surface area contributed by atoms with Crippen LogP contribution in [0.3, 0.4) is 0 Å². The number of carbonyl (C=O) groups is 1. The first-order valence-electron chi connectivity index (χ1n) is 4.99. The molecule has 0 aliphatic heterocycles. The van der Waals surface area contributed by atoms with E-state index in [-0.39, 0.29) is 12.1 Å². The lowest BCUT2D eigenvalue weighted by molar-refractivity contribution is -0.108. The topological polar surface area (TPSA) is 52.0 Å². The second-order valence-corrected chi connectivity index (χ2v) is 3.41. The predicted molar refractivity (Wildman–Crippen MR) is 63.3 cm³/mol. The summed E-state index contributed by atoms with van der Waals surface area (Å²) in [4.78, 5) is 26.1. The van der Waals surface area contributed by atoms with Crippen LogP contribution in [0.15, 0.2) is 29.2 Å². The molecule has 1 radical (unpaired) electrons. The number of hydrogen-bond donors (Lipinski definition) is 0. The van der Waals surface area contributed by atoms with E-state index in [4.69, 9.17) is 0 Å². The van der Waals surface area contributed by atoms with Gasteiger partial charge in [0.2, 0.25) is 0 Å². The van der Waals surface area contributed by atoms with Crippen molar-refractivity contribution in [3.8, 4) is 0 Å². The van der Waals surface area contributed by atoms with E-state index in [1.54, 1.807) is 0 Å². The molecule has 16 heavy (non-hydrogen) atoms. The van der Waals surface area contributed by atoms with Gasteiger partial charge in [0.15, 0.2) is 0 Å². The maximum absolute atomic E-state index is 11.6. The van der Waals surface area contributed by atoms with Crippen molar-refractivity contribution in [3.63, 3.8) is 0 Å². The fourth-order valence-electron chi connectivity index (χ4n) is 1.62. The highest BCUT2D eigenvalue weighted by Gasteiger charge is 2.04. The van der Waals surface area contributed by atoms with Crippen LogP contribution >= 0.6 is 0 Å². The maximum Gasteiger partial charge on any atom is 0.269 e. The van der Waals surface area contributed by atoms with E-state index in [1.807, 2.05) is 32.3 Å². The van der Waals surface area contributed by atoms with Crippen LogP contribution in [-0.4, -0.2) is 23.1 Å². The summed E-state index contributed by atoms with van der Waals surface area (Å²) in [6.45, 7) is 1.98. The van der Waals surface area contributed by atoms with Crippen LogP contribution in [0.4, 0.5) is 0 Å². The lowest BCUT2D eigenvalue weighted by Gasteiger charge is -2.07. The van der Waals surface area contributed by atoms with E-state index in [2.05, 4.69) is 4.98 Å². The zero-order valence-corrected chi connectivity index (χ0v) is 8.88. The molecule has 0 N–H and O–H groups in total. The number of nitrogens with zero attached hydrogens (tertiary/aromatic N) is 2. The van der Waals surface area contributed by atoms with Crippen molar-refractivity contribution in [1.82, 2.24) is 9.55 Å². The third kappa shape index (κ3) is 1.76. The van der Waals surface area contributed by atoms with Gasteiger partial charge in [-0.3, -0.25) is 9.36 Å². The van der Waals surface area contributed by atoms with Crippen molar-refractivity contribution in [3.05, 3.63) is 34.7 Å². The predicted octanol–water partition coefficient (Wildman–Crippen LogP) is -0.0270. The maximum atomic E-state index is 11.6. The smallest absolute Gasteiger partial charge is 0.269 e. The molecular formula is C11H10BN2O2. The van der Waals surface area contributed by atoms with E-state index in [9.17, 15) is 9.59 Å². The van der Waals surface area contributed by atoms with Crippen LogP contribution in [0, 0.1) is 0 Å². The molecule has 0 bridgehead atoms. The summed E-state index contributed by atoms with van der Waals surface area (Å²) in [5.74, 6) is 0. The van der Waals surface area contributed by atoms with Crippen molar-refractivity contribution in [2.75, 3.05) is 0 Å². The normalized spacial score (nSPS) is 10.3. The minimum atomic E-state index is -0.257. The lowest BCUT2D eigenvalue weighted by atomic mass is 9.73. The fraction of sp³-hybridized carbons (Fsp3) is 0.182. The van der Waals surface area contributed by atoms with Gasteiger partial charge in [0.25, 0.3) is 5.56 Å². The fourth-order valence-corrected chi connectivity index (χ4v) is 1.62. The Hall–Kier alpha value is -1.91. The van der Waals surface area contributed by atoms with Gasteiger partial charge >= 0.3 is 0 Å². The highest BCUT2D eigenvalue weighted by Crippen LogP contribution is 2.06. The Morgan fingerprint density at radius 3 is 3.00 bits per heavy atom. The summed E-state index contributed by atoms with van der Waals surface area (Å²) >= 11 is 0. The Morgan fingerprint density at radius 2 is 2.31 bits per heavy atom. The quantitative estimate of drug-likeness (QED) is 0.531.